The Balaban J connectivity index is 1.96. The van der Waals surface area contributed by atoms with Crippen LogP contribution in [0.2, 0.25) is 0 Å². The normalized spacial score (nSPS) is 19.2. The largest absolute Gasteiger partial charge is 0.417 e. The molecule has 1 aliphatic rings. The molecule has 3 N–H and O–H groups in total. The molecule has 1 aliphatic heterocycles. The number of hydrogen-bond donors (Lipinski definition) is 2. The highest BCUT2D eigenvalue weighted by atomic mass is 32.2. The second-order valence-electron chi connectivity index (χ2n) is 5.77. The molecule has 2 aromatic rings. The maximum Gasteiger partial charge on any atom is 0.417 e. The lowest BCUT2D eigenvalue weighted by Crippen LogP contribution is -2.27. The molecule has 20 heavy (non-hydrogen) atoms. The van der Waals surface area contributed by atoms with Crippen molar-refractivity contribution < 1.29 is 4.42 Å². The number of aromatic amines is 1. The summed E-state index contributed by atoms with van der Waals surface area (Å²) in [6.07, 6.45) is 1.11. The zero-order chi connectivity index (χ0) is 14.3. The van der Waals surface area contributed by atoms with Gasteiger partial charge in [-0.1, -0.05) is 13.8 Å². The van der Waals surface area contributed by atoms with Crippen molar-refractivity contribution in [1.29, 1.82) is 0 Å². The lowest BCUT2D eigenvalue weighted by Gasteiger charge is -2.25. The number of H-pyrrole nitrogens is 1. The molecule has 0 atom stereocenters. The zero-order valence-corrected chi connectivity index (χ0v) is 12.5. The van der Waals surface area contributed by atoms with Crippen LogP contribution in [0, 0.1) is 0 Å². The Morgan fingerprint density at radius 2 is 2.20 bits per heavy atom. The van der Waals surface area contributed by atoms with E-state index in [9.17, 15) is 4.79 Å². The third kappa shape index (κ3) is 2.52. The van der Waals surface area contributed by atoms with E-state index in [1.165, 1.54) is 0 Å². The van der Waals surface area contributed by atoms with Crippen LogP contribution in [0.25, 0.3) is 11.1 Å². The van der Waals surface area contributed by atoms with Crippen molar-refractivity contribution in [3.63, 3.8) is 0 Å². The van der Waals surface area contributed by atoms with Gasteiger partial charge < -0.3 is 15.1 Å². The second-order valence-corrected chi connectivity index (χ2v) is 7.57. The van der Waals surface area contributed by atoms with E-state index in [-0.39, 0.29) is 0 Å². The summed E-state index contributed by atoms with van der Waals surface area (Å²) in [5.74, 6) is 0.635. The van der Waals surface area contributed by atoms with Gasteiger partial charge in [0, 0.05) is 29.7 Å². The number of nitrogens with one attached hydrogen (secondary N) is 1. The Bertz CT molecular complexity index is 689. The second kappa shape index (κ2) is 4.77. The van der Waals surface area contributed by atoms with E-state index >= 15 is 0 Å². The average Bonchev–Trinajstić information content (AvgIpc) is 2.61. The molecule has 0 amide bonds. The number of thioether (sulfide) groups is 1. The quantitative estimate of drug-likeness (QED) is 0.790. The van der Waals surface area contributed by atoms with Crippen molar-refractivity contribution in [2.24, 2.45) is 0 Å². The maximum atomic E-state index is 11.2. The van der Waals surface area contributed by atoms with Crippen LogP contribution >= 0.6 is 11.8 Å². The average molecular weight is 293 g/mol. The lowest BCUT2D eigenvalue weighted by molar-refractivity contribution is 0.555. The molecule has 108 valence electrons. The molecule has 5 nitrogen and oxygen atoms in total. The van der Waals surface area contributed by atoms with Crippen LogP contribution in [0.15, 0.2) is 21.3 Å². The highest BCUT2D eigenvalue weighted by molar-refractivity contribution is 8.00. The predicted molar refractivity (Wildman–Crippen MR) is 84.6 cm³/mol. The SMILES string of the molecule is CC1(C)CCN(c2cc3[nH]c(=O)oc3cc2N)CCS1. The topological polar surface area (TPSA) is 75.3 Å². The molecule has 0 unspecified atom stereocenters. The van der Waals surface area contributed by atoms with Gasteiger partial charge in [-0.2, -0.15) is 11.8 Å². The molecular formula is C14H19N3O2S. The van der Waals surface area contributed by atoms with Crippen molar-refractivity contribution in [1.82, 2.24) is 4.98 Å². The van der Waals surface area contributed by atoms with Gasteiger partial charge >= 0.3 is 5.76 Å². The standard InChI is InChI=1S/C14H19N3O2S/c1-14(2)3-4-17(5-6-20-14)11-8-10-12(7-9(11)15)19-13(18)16-10/h7-8H,3-6,15H2,1-2H3,(H,16,18). The van der Waals surface area contributed by atoms with Crippen molar-refractivity contribution in [3.8, 4) is 0 Å². The van der Waals surface area contributed by atoms with Gasteiger partial charge in [-0.25, -0.2) is 4.79 Å². The molecule has 6 heteroatoms. The Hall–Kier alpha value is -1.56. The van der Waals surface area contributed by atoms with E-state index < -0.39 is 5.76 Å². The van der Waals surface area contributed by atoms with Gasteiger partial charge in [0.15, 0.2) is 5.58 Å². The fraction of sp³-hybridized carbons (Fsp3) is 0.500. The van der Waals surface area contributed by atoms with Gasteiger partial charge in [0.05, 0.1) is 16.9 Å². The maximum absolute atomic E-state index is 11.2. The third-order valence-corrected chi connectivity index (χ3v) is 5.12. The Kier molecular flexibility index (Phi) is 3.20. The van der Waals surface area contributed by atoms with Crippen LogP contribution in [-0.2, 0) is 0 Å². The van der Waals surface area contributed by atoms with Crippen LogP contribution in [0.1, 0.15) is 20.3 Å². The molecular weight excluding hydrogens is 274 g/mol. The Morgan fingerprint density at radius 3 is 3.00 bits per heavy atom. The lowest BCUT2D eigenvalue weighted by atomic mass is 10.1. The van der Waals surface area contributed by atoms with Gasteiger partial charge in [-0.3, -0.25) is 4.98 Å². The first kappa shape index (κ1) is 13.4. The van der Waals surface area contributed by atoms with E-state index in [0.29, 0.717) is 21.5 Å². The predicted octanol–water partition coefficient (Wildman–Crippen LogP) is 2.43. The summed E-state index contributed by atoms with van der Waals surface area (Å²) >= 11 is 1.99. The fourth-order valence-electron chi connectivity index (χ4n) is 2.54. The number of aromatic nitrogens is 1. The van der Waals surface area contributed by atoms with Crippen molar-refractivity contribution in [2.75, 3.05) is 29.5 Å². The minimum atomic E-state index is -0.441. The van der Waals surface area contributed by atoms with Crippen molar-refractivity contribution >= 4 is 34.2 Å². The van der Waals surface area contributed by atoms with E-state index in [4.69, 9.17) is 10.2 Å². The van der Waals surface area contributed by atoms with Crippen LogP contribution in [0.3, 0.4) is 0 Å². The van der Waals surface area contributed by atoms with Gasteiger partial charge in [0.25, 0.3) is 0 Å². The summed E-state index contributed by atoms with van der Waals surface area (Å²) in [7, 11) is 0. The number of fused-ring (bicyclic) bond motifs is 1. The van der Waals surface area contributed by atoms with Gasteiger partial charge in [-0.05, 0) is 12.5 Å². The summed E-state index contributed by atoms with van der Waals surface area (Å²) in [4.78, 5) is 16.2. The smallest absolute Gasteiger partial charge is 0.408 e. The minimum absolute atomic E-state index is 0.303. The van der Waals surface area contributed by atoms with E-state index in [0.717, 1.165) is 31.0 Å². The van der Waals surface area contributed by atoms with E-state index in [1.807, 2.05) is 17.8 Å². The summed E-state index contributed by atoms with van der Waals surface area (Å²) in [5.41, 5.74) is 8.98. The molecule has 0 spiro atoms. The number of nitrogens with zero attached hydrogens (tertiary/aromatic N) is 1. The summed E-state index contributed by atoms with van der Waals surface area (Å²) in [6.45, 7) is 6.49. The fourth-order valence-corrected chi connectivity index (χ4v) is 3.64. The van der Waals surface area contributed by atoms with Gasteiger partial charge in [0.2, 0.25) is 0 Å². The van der Waals surface area contributed by atoms with Crippen LogP contribution < -0.4 is 16.4 Å². The van der Waals surface area contributed by atoms with E-state index in [2.05, 4.69) is 23.7 Å². The van der Waals surface area contributed by atoms with Crippen LogP contribution in [0.5, 0.6) is 0 Å². The van der Waals surface area contributed by atoms with E-state index in [1.54, 1.807) is 6.07 Å². The molecule has 1 aromatic carbocycles. The Labute approximate surface area is 121 Å². The summed E-state index contributed by atoms with van der Waals surface area (Å²) < 4.78 is 5.34. The van der Waals surface area contributed by atoms with Crippen molar-refractivity contribution in [2.45, 2.75) is 25.0 Å². The van der Waals surface area contributed by atoms with Crippen LogP contribution in [-0.4, -0.2) is 28.6 Å². The first-order valence-corrected chi connectivity index (χ1v) is 7.74. The molecule has 0 aliphatic carbocycles. The van der Waals surface area contributed by atoms with Crippen LogP contribution in [0.4, 0.5) is 11.4 Å². The summed E-state index contributed by atoms with van der Waals surface area (Å²) in [5, 5.41) is 0. The van der Waals surface area contributed by atoms with Gasteiger partial charge in [-0.15, -0.1) is 0 Å². The molecule has 1 fully saturated rings. The molecule has 3 rings (SSSR count). The number of rotatable bonds is 1. The molecule has 0 bridgehead atoms. The first-order valence-electron chi connectivity index (χ1n) is 6.76. The highest BCUT2D eigenvalue weighted by Crippen LogP contribution is 2.35. The Morgan fingerprint density at radius 1 is 1.40 bits per heavy atom. The minimum Gasteiger partial charge on any atom is -0.408 e. The number of benzene rings is 1. The van der Waals surface area contributed by atoms with Gasteiger partial charge in [0.1, 0.15) is 0 Å². The summed E-state index contributed by atoms with van der Waals surface area (Å²) in [6, 6.07) is 3.64. The van der Waals surface area contributed by atoms with Crippen molar-refractivity contribution in [3.05, 3.63) is 22.7 Å². The first-order chi connectivity index (χ1) is 9.44. The highest BCUT2D eigenvalue weighted by Gasteiger charge is 2.24. The molecule has 0 saturated carbocycles. The molecule has 1 aromatic heterocycles. The number of oxazole rings is 1. The molecule has 0 radical (unpaired) electrons. The number of nitrogens with two attached hydrogens (primary N) is 1. The third-order valence-electron chi connectivity index (χ3n) is 3.75. The number of nitrogen functional groups attached to an aromatic ring is 1. The molecule has 1 saturated heterocycles. The number of hydrogen-bond acceptors (Lipinski definition) is 5. The monoisotopic (exact) mass is 293 g/mol. The molecule has 2 heterocycles. The zero-order valence-electron chi connectivity index (χ0n) is 11.7. The number of anilines is 2.